The number of ether oxygens (including phenoxy) is 1. The van der Waals surface area contributed by atoms with Crippen LogP contribution in [0.15, 0.2) is 45.3 Å². The first-order valence-corrected chi connectivity index (χ1v) is 8.84. The van der Waals surface area contributed by atoms with Crippen molar-refractivity contribution in [3.05, 3.63) is 53.9 Å². The maximum absolute atomic E-state index is 12.5. The second-order valence-corrected chi connectivity index (χ2v) is 6.74. The molecule has 0 saturated carbocycles. The van der Waals surface area contributed by atoms with Gasteiger partial charge in [-0.05, 0) is 37.1 Å². The Hall–Kier alpha value is -3.09. The molecule has 1 unspecified atom stereocenters. The van der Waals surface area contributed by atoms with Crippen molar-refractivity contribution in [3.63, 3.8) is 0 Å². The first-order chi connectivity index (χ1) is 13.0. The third-order valence-corrected chi connectivity index (χ3v) is 3.98. The summed E-state index contributed by atoms with van der Waals surface area (Å²) in [6, 6.07) is 10.4. The van der Waals surface area contributed by atoms with Gasteiger partial charge in [-0.2, -0.15) is 4.98 Å². The zero-order valence-corrected chi connectivity index (χ0v) is 15.9. The molecule has 3 rings (SSSR count). The standard InChI is InChI=1S/C20H23N3O4/c1-12(2)10-18-22-20(27-23-18)13(3)21-19(24)17-9-8-16(26-17)14-6-5-7-15(11-14)25-4/h5-9,11-13H,10H2,1-4H3,(H,21,24). The molecule has 1 aromatic carbocycles. The minimum atomic E-state index is -0.420. The van der Waals surface area contributed by atoms with Crippen LogP contribution in [0.3, 0.4) is 0 Å². The van der Waals surface area contributed by atoms with E-state index in [1.165, 1.54) is 0 Å². The molecule has 0 saturated heterocycles. The monoisotopic (exact) mass is 369 g/mol. The summed E-state index contributed by atoms with van der Waals surface area (Å²) >= 11 is 0. The van der Waals surface area contributed by atoms with Crippen molar-refractivity contribution in [1.29, 1.82) is 0 Å². The van der Waals surface area contributed by atoms with Gasteiger partial charge in [0.05, 0.1) is 7.11 Å². The Morgan fingerprint density at radius 2 is 2.04 bits per heavy atom. The van der Waals surface area contributed by atoms with Crippen molar-refractivity contribution >= 4 is 5.91 Å². The van der Waals surface area contributed by atoms with E-state index in [1.807, 2.05) is 24.3 Å². The van der Waals surface area contributed by atoms with Gasteiger partial charge in [0.15, 0.2) is 11.6 Å². The molecule has 142 valence electrons. The fraction of sp³-hybridized carbons (Fsp3) is 0.350. The van der Waals surface area contributed by atoms with E-state index in [2.05, 4.69) is 29.3 Å². The Morgan fingerprint density at radius 3 is 2.78 bits per heavy atom. The van der Waals surface area contributed by atoms with Gasteiger partial charge in [-0.25, -0.2) is 0 Å². The number of methoxy groups -OCH3 is 1. The van der Waals surface area contributed by atoms with Gasteiger partial charge in [0.2, 0.25) is 5.89 Å². The average molecular weight is 369 g/mol. The van der Waals surface area contributed by atoms with E-state index >= 15 is 0 Å². The first kappa shape index (κ1) is 18.7. The van der Waals surface area contributed by atoms with Gasteiger partial charge in [-0.3, -0.25) is 4.79 Å². The van der Waals surface area contributed by atoms with Crippen LogP contribution < -0.4 is 10.1 Å². The molecule has 0 aliphatic carbocycles. The smallest absolute Gasteiger partial charge is 0.287 e. The summed E-state index contributed by atoms with van der Waals surface area (Å²) in [4.78, 5) is 16.8. The number of carbonyl (C=O) groups excluding carboxylic acids is 1. The van der Waals surface area contributed by atoms with Crippen LogP contribution in [0.1, 0.15) is 49.1 Å². The molecular weight excluding hydrogens is 346 g/mol. The van der Waals surface area contributed by atoms with Gasteiger partial charge in [-0.15, -0.1) is 0 Å². The van der Waals surface area contributed by atoms with Crippen molar-refractivity contribution in [2.75, 3.05) is 7.11 Å². The topological polar surface area (TPSA) is 90.4 Å². The fourth-order valence-electron chi connectivity index (χ4n) is 2.61. The lowest BCUT2D eigenvalue weighted by atomic mass is 10.1. The number of hydrogen-bond acceptors (Lipinski definition) is 6. The Bertz CT molecular complexity index is 913. The van der Waals surface area contributed by atoms with Crippen LogP contribution in [-0.2, 0) is 6.42 Å². The van der Waals surface area contributed by atoms with E-state index in [-0.39, 0.29) is 11.7 Å². The molecule has 2 heterocycles. The number of benzene rings is 1. The maximum atomic E-state index is 12.5. The van der Waals surface area contributed by atoms with Gasteiger partial charge < -0.3 is 19.0 Å². The normalized spacial score (nSPS) is 12.2. The third-order valence-electron chi connectivity index (χ3n) is 3.98. The summed E-state index contributed by atoms with van der Waals surface area (Å²) in [5.41, 5.74) is 0.830. The maximum Gasteiger partial charge on any atom is 0.287 e. The molecule has 0 aliphatic rings. The van der Waals surface area contributed by atoms with Gasteiger partial charge in [0.1, 0.15) is 17.6 Å². The van der Waals surface area contributed by atoms with Crippen LogP contribution in [0.4, 0.5) is 0 Å². The molecule has 1 amide bonds. The Labute approximate surface area is 157 Å². The number of furan rings is 1. The molecule has 0 fully saturated rings. The highest BCUT2D eigenvalue weighted by molar-refractivity contribution is 5.92. The molecule has 2 aromatic heterocycles. The van der Waals surface area contributed by atoms with Crippen molar-refractivity contribution in [3.8, 4) is 17.1 Å². The van der Waals surface area contributed by atoms with E-state index in [4.69, 9.17) is 13.7 Å². The SMILES string of the molecule is COc1cccc(-c2ccc(C(=O)NC(C)c3nc(CC(C)C)no3)o2)c1. The van der Waals surface area contributed by atoms with Crippen LogP contribution in [-0.4, -0.2) is 23.2 Å². The van der Waals surface area contributed by atoms with E-state index in [0.29, 0.717) is 23.4 Å². The molecule has 1 N–H and O–H groups in total. The van der Waals surface area contributed by atoms with Gasteiger partial charge >= 0.3 is 0 Å². The minimum Gasteiger partial charge on any atom is -0.497 e. The van der Waals surface area contributed by atoms with Gasteiger partial charge in [-0.1, -0.05) is 31.1 Å². The summed E-state index contributed by atoms with van der Waals surface area (Å²) in [5, 5.41) is 6.76. The van der Waals surface area contributed by atoms with Crippen LogP contribution in [0.2, 0.25) is 0 Å². The molecule has 7 heteroatoms. The van der Waals surface area contributed by atoms with Gasteiger partial charge in [0.25, 0.3) is 5.91 Å². The van der Waals surface area contributed by atoms with Crippen molar-refractivity contribution < 1.29 is 18.5 Å². The molecule has 0 radical (unpaired) electrons. The lowest BCUT2D eigenvalue weighted by Gasteiger charge is -2.08. The lowest BCUT2D eigenvalue weighted by Crippen LogP contribution is -2.26. The molecule has 1 atom stereocenters. The Kier molecular flexibility index (Phi) is 5.59. The summed E-state index contributed by atoms with van der Waals surface area (Å²) < 4.78 is 16.1. The van der Waals surface area contributed by atoms with Crippen LogP contribution in [0.5, 0.6) is 5.75 Å². The largest absolute Gasteiger partial charge is 0.497 e. The quantitative estimate of drug-likeness (QED) is 0.676. The van der Waals surface area contributed by atoms with Crippen molar-refractivity contribution in [2.24, 2.45) is 5.92 Å². The van der Waals surface area contributed by atoms with E-state index in [1.54, 1.807) is 26.2 Å². The molecule has 0 spiro atoms. The molecule has 0 bridgehead atoms. The van der Waals surface area contributed by atoms with Crippen molar-refractivity contribution in [1.82, 2.24) is 15.5 Å². The molecule has 27 heavy (non-hydrogen) atoms. The van der Waals surface area contributed by atoms with Crippen LogP contribution >= 0.6 is 0 Å². The number of nitrogens with zero attached hydrogens (tertiary/aromatic N) is 2. The van der Waals surface area contributed by atoms with E-state index in [9.17, 15) is 4.79 Å². The number of nitrogens with one attached hydrogen (secondary N) is 1. The number of amides is 1. The van der Waals surface area contributed by atoms with Crippen LogP contribution in [0.25, 0.3) is 11.3 Å². The highest BCUT2D eigenvalue weighted by atomic mass is 16.5. The zero-order valence-electron chi connectivity index (χ0n) is 15.9. The molecule has 7 nitrogen and oxygen atoms in total. The number of hydrogen-bond donors (Lipinski definition) is 1. The summed E-state index contributed by atoms with van der Waals surface area (Å²) in [5.74, 6) is 2.61. The number of carbonyl (C=O) groups is 1. The molecule has 3 aromatic rings. The second-order valence-electron chi connectivity index (χ2n) is 6.74. The Balaban J connectivity index is 1.67. The first-order valence-electron chi connectivity index (χ1n) is 8.84. The van der Waals surface area contributed by atoms with Crippen molar-refractivity contribution in [2.45, 2.75) is 33.2 Å². The zero-order chi connectivity index (χ0) is 19.4. The third kappa shape index (κ3) is 4.55. The Morgan fingerprint density at radius 1 is 1.22 bits per heavy atom. The lowest BCUT2D eigenvalue weighted by molar-refractivity contribution is 0.0905. The second kappa shape index (κ2) is 8.07. The highest BCUT2D eigenvalue weighted by Crippen LogP contribution is 2.26. The number of aromatic nitrogens is 2. The van der Waals surface area contributed by atoms with Gasteiger partial charge in [0, 0.05) is 12.0 Å². The summed E-state index contributed by atoms with van der Waals surface area (Å²) in [7, 11) is 1.60. The fourth-order valence-corrected chi connectivity index (χ4v) is 2.61. The summed E-state index contributed by atoms with van der Waals surface area (Å²) in [6.45, 7) is 5.95. The molecule has 0 aliphatic heterocycles. The van der Waals surface area contributed by atoms with E-state index < -0.39 is 6.04 Å². The summed E-state index contributed by atoms with van der Waals surface area (Å²) in [6.07, 6.45) is 0.728. The average Bonchev–Trinajstić information content (AvgIpc) is 3.31. The predicted octanol–water partition coefficient (Wildman–Crippen LogP) is 4.03. The highest BCUT2D eigenvalue weighted by Gasteiger charge is 2.20. The van der Waals surface area contributed by atoms with E-state index in [0.717, 1.165) is 17.7 Å². The number of rotatable bonds is 7. The van der Waals surface area contributed by atoms with Crippen LogP contribution in [0, 0.1) is 5.92 Å². The minimum absolute atomic E-state index is 0.210. The predicted molar refractivity (Wildman–Crippen MR) is 99.4 cm³/mol. The molecular formula is C20H23N3O4.